The second-order valence-corrected chi connectivity index (χ2v) is 4.24. The molecule has 1 aromatic heterocycles. The van der Waals surface area contributed by atoms with Gasteiger partial charge >= 0.3 is 0 Å². The van der Waals surface area contributed by atoms with E-state index in [4.69, 9.17) is 0 Å². The normalized spacial score (nSPS) is 11.0. The molecule has 0 fully saturated rings. The summed E-state index contributed by atoms with van der Waals surface area (Å²) < 4.78 is 53.1. The van der Waals surface area contributed by atoms with E-state index >= 15 is 0 Å². The second kappa shape index (κ2) is 4.59. The molecule has 2 aromatic carbocycles. The van der Waals surface area contributed by atoms with Crippen LogP contribution in [0.3, 0.4) is 0 Å². The summed E-state index contributed by atoms with van der Waals surface area (Å²) in [5.41, 5.74) is 0.181. The van der Waals surface area contributed by atoms with Crippen molar-refractivity contribution in [3.63, 3.8) is 0 Å². The molecule has 0 saturated heterocycles. The lowest BCUT2D eigenvalue weighted by Crippen LogP contribution is -1.99. The highest BCUT2D eigenvalue weighted by molar-refractivity contribution is 5.81. The first-order chi connectivity index (χ1) is 9.58. The molecule has 0 aliphatic rings. The number of fused-ring (bicyclic) bond motifs is 1. The molecule has 0 amide bonds. The van der Waals surface area contributed by atoms with Crippen LogP contribution in [0.15, 0.2) is 42.5 Å². The molecule has 0 radical (unpaired) electrons. The van der Waals surface area contributed by atoms with Gasteiger partial charge in [0.05, 0.1) is 11.2 Å². The van der Waals surface area contributed by atoms with E-state index in [1.165, 1.54) is 6.07 Å². The van der Waals surface area contributed by atoms with E-state index in [0.29, 0.717) is 11.6 Å². The number of aromatic nitrogens is 1. The number of nitrogens with zero attached hydrogens (tertiary/aromatic N) is 1. The van der Waals surface area contributed by atoms with Crippen LogP contribution in [-0.4, -0.2) is 4.98 Å². The van der Waals surface area contributed by atoms with Gasteiger partial charge in [0.2, 0.25) is 0 Å². The Balaban J connectivity index is 2.25. The Morgan fingerprint density at radius 1 is 0.750 bits per heavy atom. The van der Waals surface area contributed by atoms with E-state index in [1.807, 2.05) is 6.07 Å². The summed E-state index contributed by atoms with van der Waals surface area (Å²) in [5.74, 6) is -6.57. The summed E-state index contributed by atoms with van der Waals surface area (Å²) in [5, 5.41) is 0.805. The lowest BCUT2D eigenvalue weighted by atomic mass is 10.1. The third-order valence-electron chi connectivity index (χ3n) is 2.98. The van der Waals surface area contributed by atoms with Gasteiger partial charge in [-0.25, -0.2) is 22.5 Å². The number of halogens is 4. The number of pyridine rings is 1. The van der Waals surface area contributed by atoms with Crippen LogP contribution >= 0.6 is 0 Å². The Kier molecular flexibility index (Phi) is 2.89. The molecule has 0 saturated carbocycles. The van der Waals surface area contributed by atoms with Crippen LogP contribution in [0, 0.1) is 23.3 Å². The van der Waals surface area contributed by atoms with Crippen LogP contribution in [0.1, 0.15) is 0 Å². The predicted octanol–water partition coefficient (Wildman–Crippen LogP) is 4.46. The Morgan fingerprint density at radius 3 is 2.30 bits per heavy atom. The van der Waals surface area contributed by atoms with Crippen molar-refractivity contribution in [3.05, 3.63) is 65.7 Å². The average Bonchev–Trinajstić information content (AvgIpc) is 2.48. The SMILES string of the molecule is Fc1cc(-c2ccc3ccccc3n2)c(F)c(F)c1F. The van der Waals surface area contributed by atoms with Gasteiger partial charge in [0.15, 0.2) is 23.3 Å². The fourth-order valence-electron chi connectivity index (χ4n) is 1.98. The van der Waals surface area contributed by atoms with Gasteiger partial charge in [0.25, 0.3) is 0 Å². The zero-order valence-corrected chi connectivity index (χ0v) is 10.0. The van der Waals surface area contributed by atoms with E-state index in [-0.39, 0.29) is 5.69 Å². The van der Waals surface area contributed by atoms with Gasteiger partial charge in [-0.3, -0.25) is 0 Å². The summed E-state index contributed by atoms with van der Waals surface area (Å²) in [6, 6.07) is 10.7. The monoisotopic (exact) mass is 277 g/mol. The van der Waals surface area contributed by atoms with Gasteiger partial charge in [-0.2, -0.15) is 0 Å². The van der Waals surface area contributed by atoms with Crippen molar-refractivity contribution in [2.75, 3.05) is 0 Å². The zero-order valence-electron chi connectivity index (χ0n) is 10.0. The highest BCUT2D eigenvalue weighted by Gasteiger charge is 2.20. The third kappa shape index (κ3) is 1.91. The van der Waals surface area contributed by atoms with Gasteiger partial charge < -0.3 is 0 Å². The topological polar surface area (TPSA) is 12.9 Å². The molecule has 5 heteroatoms. The number of para-hydroxylation sites is 1. The van der Waals surface area contributed by atoms with Crippen LogP contribution in [0.25, 0.3) is 22.2 Å². The molecule has 0 unspecified atom stereocenters. The van der Waals surface area contributed by atoms with Crippen LogP contribution in [0.2, 0.25) is 0 Å². The number of hydrogen-bond acceptors (Lipinski definition) is 1. The molecule has 0 N–H and O–H groups in total. The van der Waals surface area contributed by atoms with Crippen molar-refractivity contribution in [1.29, 1.82) is 0 Å². The molecule has 0 bridgehead atoms. The molecule has 0 atom stereocenters. The van der Waals surface area contributed by atoms with Gasteiger partial charge in [-0.1, -0.05) is 24.3 Å². The van der Waals surface area contributed by atoms with Crippen LogP contribution in [0.4, 0.5) is 17.6 Å². The van der Waals surface area contributed by atoms with Crippen LogP contribution in [-0.2, 0) is 0 Å². The number of rotatable bonds is 1. The minimum atomic E-state index is -1.84. The molecule has 0 spiro atoms. The Morgan fingerprint density at radius 2 is 1.50 bits per heavy atom. The van der Waals surface area contributed by atoms with Crippen molar-refractivity contribution in [1.82, 2.24) is 4.98 Å². The molecule has 3 aromatic rings. The maximum Gasteiger partial charge on any atom is 0.198 e. The first-order valence-corrected chi connectivity index (χ1v) is 5.77. The summed E-state index contributed by atoms with van der Waals surface area (Å²) in [4.78, 5) is 4.12. The molecule has 3 rings (SSSR count). The smallest absolute Gasteiger partial charge is 0.198 e. The first-order valence-electron chi connectivity index (χ1n) is 5.77. The van der Waals surface area contributed by atoms with Crippen molar-refractivity contribution in [3.8, 4) is 11.3 Å². The van der Waals surface area contributed by atoms with Crippen LogP contribution < -0.4 is 0 Å². The molecule has 100 valence electrons. The van der Waals surface area contributed by atoms with Crippen molar-refractivity contribution in [2.45, 2.75) is 0 Å². The molecule has 0 aliphatic heterocycles. The predicted molar refractivity (Wildman–Crippen MR) is 67.0 cm³/mol. The fourth-order valence-corrected chi connectivity index (χ4v) is 1.98. The van der Waals surface area contributed by atoms with Gasteiger partial charge in [0.1, 0.15) is 0 Å². The third-order valence-corrected chi connectivity index (χ3v) is 2.98. The van der Waals surface area contributed by atoms with Crippen molar-refractivity contribution >= 4 is 10.9 Å². The van der Waals surface area contributed by atoms with Gasteiger partial charge in [-0.05, 0) is 18.2 Å². The highest BCUT2D eigenvalue weighted by atomic mass is 19.2. The standard InChI is InChI=1S/C15H7F4N/c16-10-7-9(13(17)15(19)14(10)18)12-6-5-8-3-1-2-4-11(8)20-12/h1-7H. The Hall–Kier alpha value is -2.43. The summed E-state index contributed by atoms with van der Waals surface area (Å²) in [6.45, 7) is 0. The maximum absolute atomic E-state index is 13.7. The molecular formula is C15H7F4N. The summed E-state index contributed by atoms with van der Waals surface area (Å²) in [6.07, 6.45) is 0. The van der Waals surface area contributed by atoms with E-state index in [1.54, 1.807) is 24.3 Å². The van der Waals surface area contributed by atoms with Crippen molar-refractivity contribution in [2.24, 2.45) is 0 Å². The Labute approximate surface area is 111 Å². The molecule has 1 nitrogen and oxygen atoms in total. The quantitative estimate of drug-likeness (QED) is 0.363. The molecule has 20 heavy (non-hydrogen) atoms. The van der Waals surface area contributed by atoms with E-state index in [0.717, 1.165) is 5.39 Å². The van der Waals surface area contributed by atoms with E-state index in [2.05, 4.69) is 4.98 Å². The maximum atomic E-state index is 13.7. The second-order valence-electron chi connectivity index (χ2n) is 4.24. The fraction of sp³-hybridized carbons (Fsp3) is 0. The lowest BCUT2D eigenvalue weighted by molar-refractivity contribution is 0.410. The van der Waals surface area contributed by atoms with Gasteiger partial charge in [0, 0.05) is 10.9 Å². The largest absolute Gasteiger partial charge is 0.248 e. The average molecular weight is 277 g/mol. The highest BCUT2D eigenvalue weighted by Crippen LogP contribution is 2.27. The first kappa shape index (κ1) is 12.6. The van der Waals surface area contributed by atoms with Crippen LogP contribution in [0.5, 0.6) is 0 Å². The summed E-state index contributed by atoms with van der Waals surface area (Å²) in [7, 11) is 0. The van der Waals surface area contributed by atoms with Crippen molar-refractivity contribution < 1.29 is 17.6 Å². The lowest BCUT2D eigenvalue weighted by Gasteiger charge is -2.06. The number of benzene rings is 2. The summed E-state index contributed by atoms with van der Waals surface area (Å²) >= 11 is 0. The van der Waals surface area contributed by atoms with E-state index < -0.39 is 28.8 Å². The minimum absolute atomic E-state index is 0.0407. The minimum Gasteiger partial charge on any atom is -0.248 e. The molecular weight excluding hydrogens is 270 g/mol. The zero-order chi connectivity index (χ0) is 14.3. The van der Waals surface area contributed by atoms with Gasteiger partial charge in [-0.15, -0.1) is 0 Å². The molecule has 0 aliphatic carbocycles. The van der Waals surface area contributed by atoms with E-state index in [9.17, 15) is 17.6 Å². The molecule has 1 heterocycles. The number of hydrogen-bond donors (Lipinski definition) is 0. The Bertz CT molecular complexity index is 814.